The van der Waals surface area contributed by atoms with E-state index in [1.807, 2.05) is 0 Å². The van der Waals surface area contributed by atoms with E-state index in [0.717, 1.165) is 11.8 Å². The summed E-state index contributed by atoms with van der Waals surface area (Å²) in [5.74, 6) is 1.53. The van der Waals surface area contributed by atoms with Crippen LogP contribution < -0.4 is 0 Å². The maximum absolute atomic E-state index is 6.13. The lowest BCUT2D eigenvalue weighted by molar-refractivity contribution is 0.158. The van der Waals surface area contributed by atoms with Gasteiger partial charge in [-0.05, 0) is 83.0 Å². The third-order valence-electron chi connectivity index (χ3n) is 6.71. The van der Waals surface area contributed by atoms with Gasteiger partial charge in [-0.25, -0.2) is 0 Å². The van der Waals surface area contributed by atoms with Gasteiger partial charge >= 0.3 is 0 Å². The van der Waals surface area contributed by atoms with E-state index < -0.39 is 0 Å². The highest BCUT2D eigenvalue weighted by molar-refractivity contribution is 5.13. The second-order valence-corrected chi connectivity index (χ2v) is 8.50. The molecule has 0 aromatic carbocycles. The van der Waals surface area contributed by atoms with E-state index in [1.54, 1.807) is 5.57 Å². The van der Waals surface area contributed by atoms with Crippen LogP contribution in [0.15, 0.2) is 23.8 Å². The molecule has 0 amide bonds. The molecule has 0 bridgehead atoms. The molecule has 0 aromatic heterocycles. The number of ether oxygens (including phenoxy) is 1. The minimum Gasteiger partial charge on any atom is -0.366 e. The Morgan fingerprint density at radius 2 is 2.05 bits per heavy atom. The molecule has 3 aliphatic rings. The number of rotatable bonds is 1. The van der Waals surface area contributed by atoms with E-state index >= 15 is 0 Å². The molecule has 2 aliphatic carbocycles. The number of epoxide rings is 1. The van der Waals surface area contributed by atoms with Crippen LogP contribution in [0.5, 0.6) is 0 Å². The molecule has 0 aromatic rings. The van der Waals surface area contributed by atoms with Gasteiger partial charge in [-0.3, -0.25) is 0 Å². The Morgan fingerprint density at radius 3 is 2.76 bits per heavy atom. The average Bonchev–Trinajstić information content (AvgIpc) is 2.88. The van der Waals surface area contributed by atoms with Crippen molar-refractivity contribution in [2.75, 3.05) is 0 Å². The van der Waals surface area contributed by atoms with E-state index in [1.165, 1.54) is 50.5 Å². The highest BCUT2D eigenvalue weighted by Gasteiger charge is 2.56. The third kappa shape index (κ3) is 2.86. The van der Waals surface area contributed by atoms with Gasteiger partial charge in [0.2, 0.25) is 0 Å². The number of hydrogen-bond donors (Lipinski definition) is 0. The fourth-order valence-corrected chi connectivity index (χ4v) is 5.03. The van der Waals surface area contributed by atoms with Crippen molar-refractivity contribution in [1.82, 2.24) is 0 Å². The molecule has 2 fully saturated rings. The lowest BCUT2D eigenvalue weighted by Crippen LogP contribution is -2.29. The molecule has 1 heteroatoms. The minimum atomic E-state index is 0.163. The summed E-state index contributed by atoms with van der Waals surface area (Å²) in [4.78, 5) is 0. The fraction of sp³-hybridized carbons (Fsp3) is 0.800. The quantitative estimate of drug-likeness (QED) is 0.448. The molecular formula is C20H32O. The van der Waals surface area contributed by atoms with E-state index in [4.69, 9.17) is 4.74 Å². The summed E-state index contributed by atoms with van der Waals surface area (Å²) in [6, 6.07) is 0. The zero-order valence-electron chi connectivity index (χ0n) is 14.4. The first-order chi connectivity index (χ1) is 9.84. The van der Waals surface area contributed by atoms with Gasteiger partial charge in [-0.15, -0.1) is 0 Å². The van der Waals surface area contributed by atoms with Crippen molar-refractivity contribution >= 4 is 0 Å². The van der Waals surface area contributed by atoms with E-state index in [2.05, 4.69) is 40.3 Å². The normalized spacial score (nSPS) is 49.3. The predicted octanol–water partition coefficient (Wildman–Crippen LogP) is 5.66. The van der Waals surface area contributed by atoms with Crippen LogP contribution in [-0.4, -0.2) is 11.7 Å². The first-order valence-corrected chi connectivity index (χ1v) is 8.83. The van der Waals surface area contributed by atoms with Crippen LogP contribution in [0.2, 0.25) is 0 Å². The van der Waals surface area contributed by atoms with Crippen LogP contribution in [-0.2, 0) is 4.74 Å². The van der Waals surface area contributed by atoms with Crippen LogP contribution in [0, 0.1) is 17.3 Å². The van der Waals surface area contributed by atoms with Gasteiger partial charge < -0.3 is 4.74 Å². The minimum absolute atomic E-state index is 0.163. The summed E-state index contributed by atoms with van der Waals surface area (Å²) in [7, 11) is 0. The Labute approximate surface area is 130 Å². The maximum Gasteiger partial charge on any atom is 0.0923 e. The van der Waals surface area contributed by atoms with Gasteiger partial charge in [-0.1, -0.05) is 30.7 Å². The summed E-state index contributed by atoms with van der Waals surface area (Å²) in [6.45, 7) is 13.7. The Bertz CT molecular complexity index is 462. The van der Waals surface area contributed by atoms with Gasteiger partial charge in [0, 0.05) is 0 Å². The molecule has 1 aliphatic heterocycles. The Balaban J connectivity index is 1.85. The Hall–Kier alpha value is -0.560. The van der Waals surface area contributed by atoms with Crippen LogP contribution in [0.4, 0.5) is 0 Å². The van der Waals surface area contributed by atoms with Crippen molar-refractivity contribution in [2.24, 2.45) is 17.3 Å². The second-order valence-electron chi connectivity index (χ2n) is 8.50. The van der Waals surface area contributed by atoms with E-state index in [-0.39, 0.29) is 5.60 Å². The first kappa shape index (κ1) is 15.3. The molecule has 1 saturated carbocycles. The highest BCUT2D eigenvalue weighted by atomic mass is 16.6. The molecule has 3 rings (SSSR count). The number of allylic oxidation sites excluding steroid dienone is 3. The van der Waals surface area contributed by atoms with Crippen molar-refractivity contribution in [3.05, 3.63) is 23.8 Å². The van der Waals surface area contributed by atoms with Crippen molar-refractivity contribution in [1.29, 1.82) is 0 Å². The zero-order valence-corrected chi connectivity index (χ0v) is 14.4. The van der Waals surface area contributed by atoms with E-state index in [0.29, 0.717) is 11.5 Å². The largest absolute Gasteiger partial charge is 0.366 e. The van der Waals surface area contributed by atoms with Gasteiger partial charge in [0.05, 0.1) is 11.7 Å². The van der Waals surface area contributed by atoms with Crippen molar-refractivity contribution < 1.29 is 4.74 Å². The molecule has 5 atom stereocenters. The molecule has 21 heavy (non-hydrogen) atoms. The van der Waals surface area contributed by atoms with Crippen molar-refractivity contribution in [3.8, 4) is 0 Å². The van der Waals surface area contributed by atoms with Crippen molar-refractivity contribution in [2.45, 2.75) is 84.3 Å². The summed E-state index contributed by atoms with van der Waals surface area (Å²) < 4.78 is 6.13. The number of fused-ring (bicyclic) bond motifs is 2. The average molecular weight is 288 g/mol. The predicted molar refractivity (Wildman–Crippen MR) is 89.3 cm³/mol. The Kier molecular flexibility index (Phi) is 3.84. The molecule has 0 unspecified atom stereocenters. The topological polar surface area (TPSA) is 12.5 Å². The lowest BCUT2D eigenvalue weighted by atomic mass is 9.69. The molecule has 0 radical (unpaired) electrons. The standard InChI is InChI=1S/C20H32O/c1-14(2)16-10-12-19(4)13-18-20(5,21-18)11-6-7-15(3)8-9-17(16)19/h7,16-18H,1,6,8-13H2,2-5H3/b15-7+/t16-,17-,18+,19+,20+/m1/s1. The summed E-state index contributed by atoms with van der Waals surface area (Å²) in [5.41, 5.74) is 3.60. The first-order valence-electron chi connectivity index (χ1n) is 8.83. The fourth-order valence-electron chi connectivity index (χ4n) is 5.03. The lowest BCUT2D eigenvalue weighted by Gasteiger charge is -2.35. The van der Waals surface area contributed by atoms with Gasteiger partial charge in [0.25, 0.3) is 0 Å². The SMILES string of the molecule is C=C(C)[C@H]1CC[C@@]2(C)C[C@@H]3O[C@@]3(C)CC/C=C(\C)CC[C@H]12. The Morgan fingerprint density at radius 1 is 1.29 bits per heavy atom. The number of hydrogen-bond acceptors (Lipinski definition) is 1. The summed E-state index contributed by atoms with van der Waals surface area (Å²) in [6.07, 6.45) is 11.9. The monoisotopic (exact) mass is 288 g/mol. The smallest absolute Gasteiger partial charge is 0.0923 e. The van der Waals surface area contributed by atoms with Gasteiger partial charge in [0.1, 0.15) is 0 Å². The van der Waals surface area contributed by atoms with E-state index in [9.17, 15) is 0 Å². The summed E-state index contributed by atoms with van der Waals surface area (Å²) in [5, 5.41) is 0. The van der Waals surface area contributed by atoms with Crippen LogP contribution in [0.25, 0.3) is 0 Å². The maximum atomic E-state index is 6.13. The zero-order chi connectivity index (χ0) is 15.3. The van der Waals surface area contributed by atoms with Gasteiger partial charge in [-0.2, -0.15) is 0 Å². The van der Waals surface area contributed by atoms with Crippen LogP contribution >= 0.6 is 0 Å². The highest BCUT2D eigenvalue weighted by Crippen LogP contribution is 2.58. The third-order valence-corrected chi connectivity index (χ3v) is 6.71. The molecule has 0 N–H and O–H groups in total. The molecule has 1 saturated heterocycles. The van der Waals surface area contributed by atoms with Gasteiger partial charge in [0.15, 0.2) is 0 Å². The second kappa shape index (κ2) is 5.26. The summed E-state index contributed by atoms with van der Waals surface area (Å²) >= 11 is 0. The molecule has 0 spiro atoms. The van der Waals surface area contributed by atoms with Crippen molar-refractivity contribution in [3.63, 3.8) is 0 Å². The van der Waals surface area contributed by atoms with Crippen LogP contribution in [0.3, 0.4) is 0 Å². The molecule has 1 nitrogen and oxygen atoms in total. The molecule has 118 valence electrons. The van der Waals surface area contributed by atoms with Crippen LogP contribution in [0.1, 0.15) is 72.6 Å². The molecular weight excluding hydrogens is 256 g/mol. The molecule has 1 heterocycles.